The molecule has 264 valence electrons. The average molecular weight is 665 g/mol. The molecule has 2 atom stereocenters. The van der Waals surface area contributed by atoms with E-state index in [1.165, 1.54) is 11.1 Å². The summed E-state index contributed by atoms with van der Waals surface area (Å²) < 4.78 is 6.31. The molecule has 0 spiro atoms. The zero-order valence-corrected chi connectivity index (χ0v) is 31.1. The molecule has 4 rings (SSSR count). The summed E-state index contributed by atoms with van der Waals surface area (Å²) in [6.45, 7) is 20.7. The van der Waals surface area contributed by atoms with Gasteiger partial charge in [-0.1, -0.05) is 72.8 Å². The van der Waals surface area contributed by atoms with Gasteiger partial charge in [-0.2, -0.15) is 0 Å². The van der Waals surface area contributed by atoms with Crippen LogP contribution in [0.3, 0.4) is 0 Å². The van der Waals surface area contributed by atoms with E-state index >= 15 is 0 Å². The maximum Gasteiger partial charge on any atom is 0.119 e. The van der Waals surface area contributed by atoms with Gasteiger partial charge in [-0.25, -0.2) is 0 Å². The Kier molecular flexibility index (Phi) is 14.3. The van der Waals surface area contributed by atoms with Crippen LogP contribution in [0, 0.1) is 0 Å². The van der Waals surface area contributed by atoms with Gasteiger partial charge in [0.25, 0.3) is 0 Å². The molecule has 4 aromatic carbocycles. The van der Waals surface area contributed by atoms with Crippen LogP contribution in [0.15, 0.2) is 97.1 Å². The SMILES string of the molecule is CC(C)N(CCC(c1ccccc1)c1cc(COCc2ccc(O)c([C@H](CCN(C(C)C)C(C)C)c3ccccc3)c2)ccc1O)C(C)C. The van der Waals surface area contributed by atoms with Crippen molar-refractivity contribution in [2.75, 3.05) is 13.1 Å². The van der Waals surface area contributed by atoms with E-state index < -0.39 is 0 Å². The van der Waals surface area contributed by atoms with Gasteiger partial charge in [-0.05, 0) is 128 Å². The third-order valence-corrected chi connectivity index (χ3v) is 9.88. The molecule has 1 unspecified atom stereocenters. The second kappa shape index (κ2) is 18.4. The van der Waals surface area contributed by atoms with E-state index in [0.29, 0.717) is 48.9 Å². The topological polar surface area (TPSA) is 56.2 Å². The fraction of sp³-hybridized carbons (Fsp3) is 0.455. The zero-order valence-electron chi connectivity index (χ0n) is 31.1. The third-order valence-electron chi connectivity index (χ3n) is 9.88. The molecular weight excluding hydrogens is 604 g/mol. The molecule has 0 amide bonds. The van der Waals surface area contributed by atoms with Crippen molar-refractivity contribution < 1.29 is 14.9 Å². The highest BCUT2D eigenvalue weighted by molar-refractivity contribution is 5.45. The maximum absolute atomic E-state index is 11.1. The van der Waals surface area contributed by atoms with Crippen LogP contribution in [0.25, 0.3) is 0 Å². The van der Waals surface area contributed by atoms with E-state index in [1.807, 2.05) is 36.4 Å². The second-order valence-electron chi connectivity index (χ2n) is 14.6. The molecule has 0 fully saturated rings. The minimum Gasteiger partial charge on any atom is -0.508 e. The highest BCUT2D eigenvalue weighted by atomic mass is 16.5. The molecule has 49 heavy (non-hydrogen) atoms. The van der Waals surface area contributed by atoms with Crippen LogP contribution in [0.4, 0.5) is 0 Å². The molecule has 0 saturated heterocycles. The lowest BCUT2D eigenvalue weighted by molar-refractivity contribution is 0.107. The minimum atomic E-state index is 0.0676. The van der Waals surface area contributed by atoms with Gasteiger partial charge in [0.1, 0.15) is 11.5 Å². The van der Waals surface area contributed by atoms with Gasteiger partial charge in [0, 0.05) is 47.1 Å². The van der Waals surface area contributed by atoms with E-state index in [1.54, 1.807) is 0 Å². The number of rotatable bonds is 18. The summed E-state index contributed by atoms with van der Waals surface area (Å²) in [6.07, 6.45) is 1.81. The minimum absolute atomic E-state index is 0.0676. The van der Waals surface area contributed by atoms with Gasteiger partial charge >= 0.3 is 0 Å². The number of hydrogen-bond acceptors (Lipinski definition) is 5. The van der Waals surface area contributed by atoms with Crippen molar-refractivity contribution in [2.24, 2.45) is 0 Å². The molecule has 0 bridgehead atoms. The molecular formula is C44H60N2O3. The number of phenols is 2. The maximum atomic E-state index is 11.1. The van der Waals surface area contributed by atoms with E-state index in [9.17, 15) is 10.2 Å². The summed E-state index contributed by atoms with van der Waals surface area (Å²) in [4.78, 5) is 5.03. The van der Waals surface area contributed by atoms with E-state index in [2.05, 4.69) is 126 Å². The van der Waals surface area contributed by atoms with Crippen LogP contribution in [0.5, 0.6) is 11.5 Å². The molecule has 0 aliphatic carbocycles. The summed E-state index contributed by atoms with van der Waals surface area (Å²) in [5, 5.41) is 22.2. The Morgan fingerprint density at radius 3 is 1.16 bits per heavy atom. The normalized spacial score (nSPS) is 13.3. The van der Waals surface area contributed by atoms with Crippen LogP contribution < -0.4 is 0 Å². The van der Waals surface area contributed by atoms with Gasteiger partial charge < -0.3 is 14.9 Å². The van der Waals surface area contributed by atoms with E-state index in [-0.39, 0.29) is 11.8 Å². The quantitative estimate of drug-likeness (QED) is 0.111. The van der Waals surface area contributed by atoms with Crippen molar-refractivity contribution in [2.45, 2.75) is 117 Å². The first kappa shape index (κ1) is 38.2. The molecule has 2 N–H and O–H groups in total. The molecule has 0 aliphatic heterocycles. The summed E-state index contributed by atoms with van der Waals surface area (Å²) in [5.41, 5.74) is 6.35. The van der Waals surface area contributed by atoms with Crippen molar-refractivity contribution in [3.05, 3.63) is 130 Å². The van der Waals surface area contributed by atoms with Gasteiger partial charge in [0.2, 0.25) is 0 Å². The summed E-state index contributed by atoms with van der Waals surface area (Å²) in [7, 11) is 0. The fourth-order valence-corrected chi connectivity index (χ4v) is 7.39. The van der Waals surface area contributed by atoms with E-state index in [0.717, 1.165) is 48.2 Å². The molecule has 4 aromatic rings. The summed E-state index contributed by atoms with van der Waals surface area (Å²) in [5.74, 6) is 0.778. The number of hydrogen-bond donors (Lipinski definition) is 2. The lowest BCUT2D eigenvalue weighted by Gasteiger charge is -2.32. The number of phenolic OH excluding ortho intramolecular Hbond substituents is 2. The largest absolute Gasteiger partial charge is 0.508 e. The molecule has 5 heteroatoms. The first-order chi connectivity index (χ1) is 23.5. The lowest BCUT2D eigenvalue weighted by atomic mass is 9.86. The van der Waals surface area contributed by atoms with Crippen molar-refractivity contribution in [1.29, 1.82) is 0 Å². The Morgan fingerprint density at radius 2 is 0.837 bits per heavy atom. The third kappa shape index (κ3) is 10.7. The highest BCUT2D eigenvalue weighted by Crippen LogP contribution is 2.37. The summed E-state index contributed by atoms with van der Waals surface area (Å²) >= 11 is 0. The molecule has 0 heterocycles. The van der Waals surface area contributed by atoms with Crippen LogP contribution in [-0.4, -0.2) is 57.3 Å². The molecule has 0 aliphatic rings. The number of nitrogens with zero attached hydrogens (tertiary/aromatic N) is 2. The van der Waals surface area contributed by atoms with Gasteiger partial charge in [0.15, 0.2) is 0 Å². The van der Waals surface area contributed by atoms with Gasteiger partial charge in [-0.15, -0.1) is 0 Å². The molecule has 0 saturated carbocycles. The van der Waals surface area contributed by atoms with Gasteiger partial charge in [-0.3, -0.25) is 9.80 Å². The summed E-state index contributed by atoms with van der Waals surface area (Å²) in [6, 6.07) is 34.6. The predicted octanol–water partition coefficient (Wildman–Crippen LogP) is 10.1. The van der Waals surface area contributed by atoms with Crippen LogP contribution in [0.1, 0.15) is 113 Å². The van der Waals surface area contributed by atoms with E-state index in [4.69, 9.17) is 4.74 Å². The van der Waals surface area contributed by atoms with Crippen LogP contribution >= 0.6 is 0 Å². The Hall–Kier alpha value is -3.64. The van der Waals surface area contributed by atoms with Crippen molar-refractivity contribution >= 4 is 0 Å². The Morgan fingerprint density at radius 1 is 0.490 bits per heavy atom. The lowest BCUT2D eigenvalue weighted by Crippen LogP contribution is -2.38. The average Bonchev–Trinajstić information content (AvgIpc) is 3.07. The first-order valence-electron chi connectivity index (χ1n) is 18.3. The standard InChI is InChI=1S/C44H60N2O3/c1-31(2)45(32(3)4)25-23-39(37-15-11-9-12-16-37)41-27-35(19-21-43(41)47)29-49-30-36-20-22-44(48)42(28-36)40(38-17-13-10-14-18-38)24-26-46(33(5)6)34(7)8/h9-22,27-28,31-34,39-40,47-48H,23-26,29-30H2,1-8H3/t39-,40?/m1/s1. The second-order valence-corrected chi connectivity index (χ2v) is 14.6. The monoisotopic (exact) mass is 664 g/mol. The Labute approximate surface area is 296 Å². The number of aromatic hydroxyl groups is 2. The molecule has 0 aromatic heterocycles. The Balaban J connectivity index is 1.52. The zero-order chi connectivity index (χ0) is 35.5. The molecule has 5 nitrogen and oxygen atoms in total. The van der Waals surface area contributed by atoms with Crippen LogP contribution in [0.2, 0.25) is 0 Å². The smallest absolute Gasteiger partial charge is 0.119 e. The number of benzene rings is 4. The van der Waals surface area contributed by atoms with Crippen molar-refractivity contribution in [3.63, 3.8) is 0 Å². The fourth-order valence-electron chi connectivity index (χ4n) is 7.39. The van der Waals surface area contributed by atoms with Crippen molar-refractivity contribution in [1.82, 2.24) is 9.80 Å². The number of ether oxygens (including phenoxy) is 1. The predicted molar refractivity (Wildman–Crippen MR) is 204 cm³/mol. The highest BCUT2D eigenvalue weighted by Gasteiger charge is 2.23. The Bertz CT molecular complexity index is 1420. The first-order valence-corrected chi connectivity index (χ1v) is 18.3. The molecule has 0 radical (unpaired) electrons. The van der Waals surface area contributed by atoms with Crippen molar-refractivity contribution in [3.8, 4) is 11.5 Å². The van der Waals surface area contributed by atoms with Gasteiger partial charge in [0.05, 0.1) is 13.2 Å². The van der Waals surface area contributed by atoms with Crippen LogP contribution in [-0.2, 0) is 18.0 Å².